The smallest absolute Gasteiger partial charge is 0.224 e. The highest BCUT2D eigenvalue weighted by Crippen LogP contribution is 2.40. The highest BCUT2D eigenvalue weighted by atomic mass is 15.4. The Kier molecular flexibility index (Phi) is 1.39. The molecule has 4 nitrogen and oxygen atoms in total. The van der Waals surface area contributed by atoms with Gasteiger partial charge >= 0.3 is 0 Å². The number of hydrogen-bond donors (Lipinski definition) is 1. The predicted molar refractivity (Wildman–Crippen MR) is 49.7 cm³/mol. The van der Waals surface area contributed by atoms with E-state index in [1.54, 1.807) is 0 Å². The van der Waals surface area contributed by atoms with Crippen LogP contribution < -0.4 is 5.32 Å². The second kappa shape index (κ2) is 2.47. The van der Waals surface area contributed by atoms with Gasteiger partial charge in [0.2, 0.25) is 5.95 Å². The summed E-state index contributed by atoms with van der Waals surface area (Å²) in [6.07, 6.45) is 2.60. The third kappa shape index (κ3) is 1.12. The summed E-state index contributed by atoms with van der Waals surface area (Å²) < 4.78 is 2.26. The van der Waals surface area contributed by atoms with Crippen molar-refractivity contribution >= 4 is 5.95 Å². The molecule has 2 aliphatic rings. The van der Waals surface area contributed by atoms with Gasteiger partial charge in [-0.25, -0.2) is 0 Å². The van der Waals surface area contributed by atoms with E-state index < -0.39 is 0 Å². The molecule has 1 aliphatic carbocycles. The van der Waals surface area contributed by atoms with Gasteiger partial charge < -0.3 is 5.32 Å². The van der Waals surface area contributed by atoms with Crippen molar-refractivity contribution in [1.29, 1.82) is 0 Å². The molecule has 1 aromatic heterocycles. The van der Waals surface area contributed by atoms with E-state index in [1.165, 1.54) is 18.7 Å². The van der Waals surface area contributed by atoms with Crippen LogP contribution in [0.25, 0.3) is 0 Å². The van der Waals surface area contributed by atoms with E-state index in [0.717, 1.165) is 19.0 Å². The van der Waals surface area contributed by atoms with Gasteiger partial charge in [0.1, 0.15) is 5.82 Å². The average molecular weight is 178 g/mol. The Morgan fingerprint density at radius 3 is 3.00 bits per heavy atom. The lowest BCUT2D eigenvalue weighted by Gasteiger charge is -2.22. The lowest BCUT2D eigenvalue weighted by molar-refractivity contribution is 0.465. The minimum absolute atomic E-state index is 0.695. The summed E-state index contributed by atoms with van der Waals surface area (Å²) in [5.74, 6) is 3.57. The molecule has 3 rings (SSSR count). The first-order chi connectivity index (χ1) is 6.34. The van der Waals surface area contributed by atoms with Crippen LogP contribution in [0.5, 0.6) is 0 Å². The number of fused-ring (bicyclic) bond motifs is 1. The maximum absolute atomic E-state index is 4.24. The molecule has 0 amide bonds. The molecule has 1 aromatic rings. The Labute approximate surface area is 77.4 Å². The molecule has 0 spiro atoms. The van der Waals surface area contributed by atoms with Crippen LogP contribution in [0.2, 0.25) is 0 Å². The lowest BCUT2D eigenvalue weighted by Crippen LogP contribution is -2.26. The molecule has 0 saturated heterocycles. The summed E-state index contributed by atoms with van der Waals surface area (Å²) in [7, 11) is 0. The third-order valence-electron chi connectivity index (χ3n) is 2.82. The Bertz CT molecular complexity index is 326. The molecule has 0 aromatic carbocycles. The molecular weight excluding hydrogens is 164 g/mol. The van der Waals surface area contributed by atoms with Crippen molar-refractivity contribution in [2.45, 2.75) is 32.2 Å². The SMILES string of the molecule is CC1CNc2nnc(C3CC3)n2C1. The monoisotopic (exact) mass is 178 g/mol. The zero-order valence-corrected chi connectivity index (χ0v) is 7.82. The average Bonchev–Trinajstić information content (AvgIpc) is 2.87. The quantitative estimate of drug-likeness (QED) is 0.703. The fourth-order valence-corrected chi connectivity index (χ4v) is 1.91. The van der Waals surface area contributed by atoms with Crippen LogP contribution in [-0.2, 0) is 6.54 Å². The van der Waals surface area contributed by atoms with Crippen LogP contribution in [0.4, 0.5) is 5.95 Å². The van der Waals surface area contributed by atoms with Crippen molar-refractivity contribution in [3.05, 3.63) is 5.82 Å². The van der Waals surface area contributed by atoms with E-state index in [-0.39, 0.29) is 0 Å². The van der Waals surface area contributed by atoms with E-state index in [4.69, 9.17) is 0 Å². The van der Waals surface area contributed by atoms with Gasteiger partial charge in [-0.3, -0.25) is 4.57 Å². The van der Waals surface area contributed by atoms with Crippen LogP contribution in [0.15, 0.2) is 0 Å². The summed E-state index contributed by atoms with van der Waals surface area (Å²) in [6.45, 7) is 4.37. The molecule has 1 atom stereocenters. The van der Waals surface area contributed by atoms with Crippen molar-refractivity contribution in [2.24, 2.45) is 5.92 Å². The summed E-state index contributed by atoms with van der Waals surface area (Å²) in [4.78, 5) is 0. The summed E-state index contributed by atoms with van der Waals surface area (Å²) >= 11 is 0. The minimum atomic E-state index is 0.695. The fourth-order valence-electron chi connectivity index (χ4n) is 1.91. The number of nitrogens with zero attached hydrogens (tertiary/aromatic N) is 3. The maximum Gasteiger partial charge on any atom is 0.224 e. The van der Waals surface area contributed by atoms with E-state index in [0.29, 0.717) is 11.8 Å². The van der Waals surface area contributed by atoms with Gasteiger partial charge in [0.15, 0.2) is 0 Å². The fraction of sp³-hybridized carbons (Fsp3) is 0.778. The molecule has 13 heavy (non-hydrogen) atoms. The topological polar surface area (TPSA) is 42.7 Å². The van der Waals surface area contributed by atoms with E-state index in [9.17, 15) is 0 Å². The van der Waals surface area contributed by atoms with Crippen LogP contribution in [-0.4, -0.2) is 21.3 Å². The third-order valence-corrected chi connectivity index (χ3v) is 2.82. The molecule has 2 heterocycles. The summed E-state index contributed by atoms with van der Waals surface area (Å²) in [6, 6.07) is 0. The number of anilines is 1. The Morgan fingerprint density at radius 2 is 2.23 bits per heavy atom. The van der Waals surface area contributed by atoms with Crippen LogP contribution in [0.3, 0.4) is 0 Å². The maximum atomic E-state index is 4.24. The van der Waals surface area contributed by atoms with E-state index in [2.05, 4.69) is 27.0 Å². The number of nitrogens with one attached hydrogen (secondary N) is 1. The molecular formula is C9H14N4. The zero-order chi connectivity index (χ0) is 8.84. The minimum Gasteiger partial charge on any atom is -0.354 e. The molecule has 4 heteroatoms. The normalized spacial score (nSPS) is 26.7. The van der Waals surface area contributed by atoms with Gasteiger partial charge in [0.05, 0.1) is 0 Å². The van der Waals surface area contributed by atoms with Gasteiger partial charge in [-0.2, -0.15) is 0 Å². The van der Waals surface area contributed by atoms with E-state index >= 15 is 0 Å². The first kappa shape index (κ1) is 7.35. The van der Waals surface area contributed by atoms with Gasteiger partial charge in [-0.15, -0.1) is 10.2 Å². The van der Waals surface area contributed by atoms with Crippen molar-refractivity contribution in [2.75, 3.05) is 11.9 Å². The molecule has 1 aliphatic heterocycles. The second-order valence-electron chi connectivity index (χ2n) is 4.25. The molecule has 0 bridgehead atoms. The first-order valence-electron chi connectivity index (χ1n) is 5.01. The van der Waals surface area contributed by atoms with Crippen LogP contribution in [0.1, 0.15) is 31.5 Å². The van der Waals surface area contributed by atoms with Gasteiger partial charge in [-0.05, 0) is 18.8 Å². The summed E-state index contributed by atoms with van der Waals surface area (Å²) in [5, 5.41) is 11.7. The Hall–Kier alpha value is -1.06. The Balaban J connectivity index is 1.99. The molecule has 1 unspecified atom stereocenters. The highest BCUT2D eigenvalue weighted by Gasteiger charge is 2.31. The van der Waals surface area contributed by atoms with Gasteiger partial charge in [0, 0.05) is 19.0 Å². The first-order valence-corrected chi connectivity index (χ1v) is 5.01. The lowest BCUT2D eigenvalue weighted by atomic mass is 10.1. The second-order valence-corrected chi connectivity index (χ2v) is 4.25. The van der Waals surface area contributed by atoms with Crippen molar-refractivity contribution in [3.63, 3.8) is 0 Å². The zero-order valence-electron chi connectivity index (χ0n) is 7.82. The number of hydrogen-bond acceptors (Lipinski definition) is 3. The van der Waals surface area contributed by atoms with Crippen molar-refractivity contribution in [1.82, 2.24) is 14.8 Å². The van der Waals surface area contributed by atoms with Crippen LogP contribution in [0, 0.1) is 5.92 Å². The Morgan fingerprint density at radius 1 is 1.38 bits per heavy atom. The molecule has 0 radical (unpaired) electrons. The molecule has 1 saturated carbocycles. The molecule has 70 valence electrons. The number of rotatable bonds is 1. The molecule has 1 fully saturated rings. The predicted octanol–water partition coefficient (Wildman–Crippen LogP) is 1.22. The van der Waals surface area contributed by atoms with Gasteiger partial charge in [-0.1, -0.05) is 6.92 Å². The standard InChI is InChI=1S/C9H14N4/c1-6-4-10-9-12-11-8(7-2-3-7)13(9)5-6/h6-7H,2-5H2,1H3,(H,10,12). The van der Waals surface area contributed by atoms with Gasteiger partial charge in [0.25, 0.3) is 0 Å². The highest BCUT2D eigenvalue weighted by molar-refractivity contribution is 5.30. The van der Waals surface area contributed by atoms with E-state index in [1.807, 2.05) is 0 Å². The number of aromatic nitrogens is 3. The summed E-state index contributed by atoms with van der Waals surface area (Å²) in [5.41, 5.74) is 0. The largest absolute Gasteiger partial charge is 0.354 e. The van der Waals surface area contributed by atoms with Crippen molar-refractivity contribution < 1.29 is 0 Å². The van der Waals surface area contributed by atoms with Crippen molar-refractivity contribution in [3.8, 4) is 0 Å². The van der Waals surface area contributed by atoms with Crippen LogP contribution >= 0.6 is 0 Å². The molecule has 1 N–H and O–H groups in total.